The smallest absolute Gasteiger partial charge is 0.447 e. The van der Waals surface area contributed by atoms with Crippen molar-refractivity contribution < 1.29 is 28.0 Å². The van der Waals surface area contributed by atoms with Gasteiger partial charge in [0, 0.05) is 18.9 Å². The summed E-state index contributed by atoms with van der Waals surface area (Å²) in [6.07, 6.45) is -0.576. The summed E-state index contributed by atoms with van der Waals surface area (Å²) in [7, 11) is -0.829. The third-order valence-electron chi connectivity index (χ3n) is 5.32. The van der Waals surface area contributed by atoms with E-state index in [1.165, 1.54) is 17.9 Å². The first kappa shape index (κ1) is 19.6. The van der Waals surface area contributed by atoms with E-state index in [1.54, 1.807) is 12.1 Å². The number of halogens is 1. The number of rotatable bonds is 4. The molecule has 2 saturated heterocycles. The molecular formula is C18H24BFN2O5. The van der Waals surface area contributed by atoms with Crippen molar-refractivity contribution in [3.63, 3.8) is 0 Å². The predicted molar refractivity (Wildman–Crippen MR) is 98.4 cm³/mol. The fourth-order valence-electron chi connectivity index (χ4n) is 3.02. The Balaban J connectivity index is 1.82. The topological polar surface area (TPSA) is 77.1 Å². The summed E-state index contributed by atoms with van der Waals surface area (Å²) in [4.78, 5) is 24.5. The van der Waals surface area contributed by atoms with Gasteiger partial charge in [-0.2, -0.15) is 0 Å². The first-order valence-electron chi connectivity index (χ1n) is 8.87. The summed E-state index contributed by atoms with van der Waals surface area (Å²) >= 11 is 0. The van der Waals surface area contributed by atoms with Gasteiger partial charge in [0.05, 0.1) is 22.9 Å². The maximum atomic E-state index is 14.8. The number of carbonyl (C=O) groups is 2. The predicted octanol–water partition coefficient (Wildman–Crippen LogP) is 1.59. The summed E-state index contributed by atoms with van der Waals surface area (Å²) < 4.78 is 31.6. The fraction of sp³-hybridized carbons (Fsp3) is 0.556. The molecule has 0 radical (unpaired) electrons. The van der Waals surface area contributed by atoms with Gasteiger partial charge in [0.2, 0.25) is 5.91 Å². The van der Waals surface area contributed by atoms with Crippen LogP contribution >= 0.6 is 0 Å². The van der Waals surface area contributed by atoms with Crippen molar-refractivity contribution in [3.05, 3.63) is 24.0 Å². The van der Waals surface area contributed by atoms with E-state index in [4.69, 9.17) is 14.0 Å². The number of nitrogens with one attached hydrogen (secondary N) is 1. The number of amides is 2. The summed E-state index contributed by atoms with van der Waals surface area (Å²) in [5.74, 6) is -0.749. The third kappa shape index (κ3) is 3.66. The minimum Gasteiger partial charge on any atom is -0.447 e. The molecular weight excluding hydrogens is 354 g/mol. The van der Waals surface area contributed by atoms with Crippen LogP contribution in [0.5, 0.6) is 0 Å². The van der Waals surface area contributed by atoms with Crippen molar-refractivity contribution in [3.8, 4) is 0 Å². The van der Waals surface area contributed by atoms with Crippen LogP contribution in [-0.2, 0) is 18.8 Å². The highest BCUT2D eigenvalue weighted by molar-refractivity contribution is 6.62. The summed E-state index contributed by atoms with van der Waals surface area (Å²) in [5.41, 5.74) is -0.537. The molecule has 27 heavy (non-hydrogen) atoms. The van der Waals surface area contributed by atoms with Crippen molar-refractivity contribution in [1.29, 1.82) is 0 Å². The lowest BCUT2D eigenvalue weighted by Crippen LogP contribution is -2.43. The van der Waals surface area contributed by atoms with Crippen LogP contribution in [0, 0.1) is 5.82 Å². The second kappa shape index (κ2) is 6.80. The summed E-state index contributed by atoms with van der Waals surface area (Å²) in [5, 5.41) is 2.65. The second-order valence-corrected chi connectivity index (χ2v) is 7.83. The van der Waals surface area contributed by atoms with E-state index in [0.29, 0.717) is 5.69 Å². The normalized spacial score (nSPS) is 23.5. The Morgan fingerprint density at radius 1 is 1.30 bits per heavy atom. The van der Waals surface area contributed by atoms with Crippen LogP contribution in [-0.4, -0.2) is 49.5 Å². The Morgan fingerprint density at radius 3 is 2.48 bits per heavy atom. The maximum absolute atomic E-state index is 14.8. The minimum absolute atomic E-state index is 0.125. The zero-order chi connectivity index (χ0) is 20.0. The molecule has 0 saturated carbocycles. The lowest BCUT2D eigenvalue weighted by Gasteiger charge is -2.32. The van der Waals surface area contributed by atoms with E-state index in [0.717, 1.165) is 0 Å². The van der Waals surface area contributed by atoms with E-state index >= 15 is 0 Å². The first-order chi connectivity index (χ1) is 12.5. The zero-order valence-electron chi connectivity index (χ0n) is 16.2. The fourth-order valence-corrected chi connectivity index (χ4v) is 3.02. The highest BCUT2D eigenvalue weighted by atomic mass is 19.1. The third-order valence-corrected chi connectivity index (χ3v) is 5.32. The van der Waals surface area contributed by atoms with Crippen LogP contribution in [0.4, 0.5) is 14.9 Å². The lowest BCUT2D eigenvalue weighted by atomic mass is 9.78. The summed E-state index contributed by atoms with van der Waals surface area (Å²) in [6, 6.07) is 4.03. The summed E-state index contributed by atoms with van der Waals surface area (Å²) in [6.45, 7) is 9.32. The SMILES string of the molecule is CC(=O)NC[C@H]1COC(=O)N1c1ccc(B2OC(C)(C)C(C)(C)O2)c(F)c1. The largest absolute Gasteiger partial charge is 0.497 e. The number of hydrogen-bond donors (Lipinski definition) is 1. The first-order valence-corrected chi connectivity index (χ1v) is 8.87. The molecule has 0 aliphatic carbocycles. The Labute approximate surface area is 158 Å². The molecule has 0 spiro atoms. The van der Waals surface area contributed by atoms with E-state index in [1.807, 2.05) is 27.7 Å². The van der Waals surface area contributed by atoms with E-state index in [-0.39, 0.29) is 24.5 Å². The average molecular weight is 378 g/mol. The highest BCUT2D eigenvalue weighted by Crippen LogP contribution is 2.37. The van der Waals surface area contributed by atoms with E-state index < -0.39 is 36.3 Å². The zero-order valence-corrected chi connectivity index (χ0v) is 16.2. The Hall–Kier alpha value is -2.13. The second-order valence-electron chi connectivity index (χ2n) is 7.83. The maximum Gasteiger partial charge on any atom is 0.497 e. The Morgan fingerprint density at radius 2 is 1.93 bits per heavy atom. The molecule has 1 aromatic carbocycles. The van der Waals surface area contributed by atoms with Crippen LogP contribution in [0.1, 0.15) is 34.6 Å². The number of anilines is 1. The molecule has 0 unspecified atom stereocenters. The minimum atomic E-state index is -0.829. The molecule has 1 aromatic rings. The quantitative estimate of drug-likeness (QED) is 0.806. The van der Waals surface area contributed by atoms with Gasteiger partial charge in [0.1, 0.15) is 12.4 Å². The standard InChI is InChI=1S/C18H24BFN2O5/c1-11(23)21-9-13-10-25-16(24)22(13)12-6-7-14(15(20)8-12)19-26-17(2,3)18(4,5)27-19/h6-8,13H,9-10H2,1-5H3,(H,21,23)/t13-/m0/s1. The van der Waals surface area contributed by atoms with E-state index in [2.05, 4.69) is 5.32 Å². The van der Waals surface area contributed by atoms with Crippen LogP contribution in [0.15, 0.2) is 18.2 Å². The van der Waals surface area contributed by atoms with Gasteiger partial charge < -0.3 is 19.4 Å². The molecule has 2 fully saturated rings. The van der Waals surface area contributed by atoms with Gasteiger partial charge in [-0.1, -0.05) is 6.07 Å². The van der Waals surface area contributed by atoms with Crippen molar-refractivity contribution in [2.45, 2.75) is 51.9 Å². The van der Waals surface area contributed by atoms with Gasteiger partial charge in [-0.3, -0.25) is 9.69 Å². The molecule has 3 rings (SSSR count). The van der Waals surface area contributed by atoms with Crippen LogP contribution in [0.25, 0.3) is 0 Å². The van der Waals surface area contributed by atoms with E-state index in [9.17, 15) is 14.0 Å². The number of benzene rings is 1. The molecule has 2 heterocycles. The van der Waals surface area contributed by atoms with Crippen molar-refractivity contribution in [2.24, 2.45) is 0 Å². The van der Waals surface area contributed by atoms with Gasteiger partial charge in [0.15, 0.2) is 0 Å². The van der Waals surface area contributed by atoms with Crippen molar-refractivity contribution in [2.75, 3.05) is 18.1 Å². The molecule has 0 bridgehead atoms. The number of ether oxygens (including phenoxy) is 1. The molecule has 2 aliphatic rings. The van der Waals surface area contributed by atoms with Crippen LogP contribution in [0.2, 0.25) is 0 Å². The highest BCUT2D eigenvalue weighted by Gasteiger charge is 2.52. The van der Waals surface area contributed by atoms with Gasteiger partial charge in [0.25, 0.3) is 0 Å². The molecule has 1 atom stereocenters. The number of hydrogen-bond acceptors (Lipinski definition) is 5. The average Bonchev–Trinajstić information content (AvgIpc) is 3.01. The van der Waals surface area contributed by atoms with Gasteiger partial charge in [-0.25, -0.2) is 9.18 Å². The van der Waals surface area contributed by atoms with Gasteiger partial charge in [-0.15, -0.1) is 0 Å². The molecule has 0 aromatic heterocycles. The Kier molecular flexibility index (Phi) is 4.94. The number of carbonyl (C=O) groups excluding carboxylic acids is 2. The Bertz CT molecular complexity index is 754. The monoisotopic (exact) mass is 378 g/mol. The molecule has 9 heteroatoms. The molecule has 7 nitrogen and oxygen atoms in total. The van der Waals surface area contributed by atoms with Gasteiger partial charge in [-0.05, 0) is 39.8 Å². The van der Waals surface area contributed by atoms with Gasteiger partial charge >= 0.3 is 13.2 Å². The molecule has 146 valence electrons. The van der Waals surface area contributed by atoms with Crippen LogP contribution < -0.4 is 15.7 Å². The van der Waals surface area contributed by atoms with Crippen LogP contribution in [0.3, 0.4) is 0 Å². The number of cyclic esters (lactones) is 1. The lowest BCUT2D eigenvalue weighted by molar-refractivity contribution is -0.119. The van der Waals surface area contributed by atoms with Crippen molar-refractivity contribution >= 4 is 30.3 Å². The number of nitrogens with zero attached hydrogens (tertiary/aromatic N) is 1. The molecule has 2 aliphatic heterocycles. The van der Waals surface area contributed by atoms with Crippen molar-refractivity contribution in [1.82, 2.24) is 5.32 Å². The molecule has 1 N–H and O–H groups in total. The molecule has 2 amide bonds.